The van der Waals surface area contributed by atoms with Gasteiger partial charge in [0.05, 0.1) is 6.04 Å². The summed E-state index contributed by atoms with van der Waals surface area (Å²) in [5, 5.41) is 0. The Kier molecular flexibility index (Phi) is 4.95. The standard InChI is InChI=1S/C15H23N3O2/c1-11(2)14(16)15(19)18-9-6-12(7-10-18)20-13-5-3-4-8-17-13/h3-5,8,11-12,14H,6-7,9-10,16H2,1-2H3/t14-/m0/s1. The van der Waals surface area contributed by atoms with Crippen molar-refractivity contribution in [1.82, 2.24) is 9.88 Å². The lowest BCUT2D eigenvalue weighted by Crippen LogP contribution is -2.50. The number of carbonyl (C=O) groups excluding carboxylic acids is 1. The molecule has 1 aromatic rings. The van der Waals surface area contributed by atoms with Crippen molar-refractivity contribution in [2.75, 3.05) is 13.1 Å². The van der Waals surface area contributed by atoms with E-state index < -0.39 is 6.04 Å². The van der Waals surface area contributed by atoms with Crippen LogP contribution in [-0.4, -0.2) is 41.0 Å². The Bertz CT molecular complexity index is 428. The van der Waals surface area contributed by atoms with Crippen LogP contribution in [0.2, 0.25) is 0 Å². The third-order valence-electron chi connectivity index (χ3n) is 3.68. The normalized spacial score (nSPS) is 18.1. The number of nitrogens with zero attached hydrogens (tertiary/aromatic N) is 2. The SMILES string of the molecule is CC(C)[C@H](N)C(=O)N1CCC(Oc2ccccn2)CC1. The number of aromatic nitrogens is 1. The number of piperidine rings is 1. The fourth-order valence-corrected chi connectivity index (χ4v) is 2.28. The lowest BCUT2D eigenvalue weighted by atomic mass is 10.0. The number of rotatable bonds is 4. The molecular formula is C15H23N3O2. The van der Waals surface area contributed by atoms with Crippen molar-refractivity contribution in [3.8, 4) is 5.88 Å². The van der Waals surface area contributed by atoms with Gasteiger partial charge >= 0.3 is 0 Å². The predicted molar refractivity (Wildman–Crippen MR) is 77.3 cm³/mol. The minimum absolute atomic E-state index is 0.0521. The number of likely N-dealkylation sites (tertiary alicyclic amines) is 1. The number of nitrogens with two attached hydrogens (primary N) is 1. The van der Waals surface area contributed by atoms with Crippen LogP contribution in [-0.2, 0) is 4.79 Å². The molecule has 0 unspecified atom stereocenters. The maximum Gasteiger partial charge on any atom is 0.239 e. The molecule has 2 heterocycles. The second-order valence-corrected chi connectivity index (χ2v) is 5.58. The van der Waals surface area contributed by atoms with Crippen LogP contribution >= 0.6 is 0 Å². The van der Waals surface area contributed by atoms with Crippen LogP contribution in [0.1, 0.15) is 26.7 Å². The summed E-state index contributed by atoms with van der Waals surface area (Å²) in [5.74, 6) is 0.873. The van der Waals surface area contributed by atoms with Crippen molar-refractivity contribution >= 4 is 5.91 Å². The molecule has 5 nitrogen and oxygen atoms in total. The molecule has 2 rings (SSSR count). The van der Waals surface area contributed by atoms with E-state index in [2.05, 4.69) is 4.98 Å². The van der Waals surface area contributed by atoms with Gasteiger partial charge in [0.1, 0.15) is 6.10 Å². The Morgan fingerprint density at radius 3 is 2.65 bits per heavy atom. The first-order valence-electron chi connectivity index (χ1n) is 7.20. The molecule has 5 heteroatoms. The van der Waals surface area contributed by atoms with Crippen LogP contribution in [0.4, 0.5) is 0 Å². The third kappa shape index (κ3) is 3.70. The summed E-state index contributed by atoms with van der Waals surface area (Å²) in [5.41, 5.74) is 5.92. The van der Waals surface area contributed by atoms with E-state index in [0.29, 0.717) is 19.0 Å². The molecule has 1 amide bonds. The van der Waals surface area contributed by atoms with Gasteiger partial charge in [-0.3, -0.25) is 4.79 Å². The van der Waals surface area contributed by atoms with Crippen molar-refractivity contribution < 1.29 is 9.53 Å². The number of pyridine rings is 1. The van der Waals surface area contributed by atoms with Crippen LogP contribution < -0.4 is 10.5 Å². The van der Waals surface area contributed by atoms with Gasteiger partial charge in [-0.1, -0.05) is 19.9 Å². The van der Waals surface area contributed by atoms with E-state index in [0.717, 1.165) is 12.8 Å². The van der Waals surface area contributed by atoms with Gasteiger partial charge < -0.3 is 15.4 Å². The van der Waals surface area contributed by atoms with Crippen LogP contribution in [0.5, 0.6) is 5.88 Å². The molecule has 0 aromatic carbocycles. The zero-order valence-corrected chi connectivity index (χ0v) is 12.2. The van der Waals surface area contributed by atoms with Gasteiger partial charge in [0.25, 0.3) is 0 Å². The van der Waals surface area contributed by atoms with Gasteiger partial charge in [-0.2, -0.15) is 0 Å². The summed E-state index contributed by atoms with van der Waals surface area (Å²) in [6.07, 6.45) is 3.50. The minimum Gasteiger partial charge on any atom is -0.474 e. The van der Waals surface area contributed by atoms with E-state index in [1.54, 1.807) is 6.20 Å². The second kappa shape index (κ2) is 6.70. The lowest BCUT2D eigenvalue weighted by Gasteiger charge is -2.34. The van der Waals surface area contributed by atoms with E-state index in [1.807, 2.05) is 36.9 Å². The topological polar surface area (TPSA) is 68.5 Å². The summed E-state index contributed by atoms with van der Waals surface area (Å²) in [7, 11) is 0. The highest BCUT2D eigenvalue weighted by molar-refractivity contribution is 5.82. The van der Waals surface area contributed by atoms with Crippen LogP contribution in [0.3, 0.4) is 0 Å². The number of carbonyl (C=O) groups is 1. The highest BCUT2D eigenvalue weighted by Gasteiger charge is 2.28. The van der Waals surface area contributed by atoms with E-state index in [4.69, 9.17) is 10.5 Å². The molecule has 2 N–H and O–H groups in total. The summed E-state index contributed by atoms with van der Waals surface area (Å²) in [6, 6.07) is 5.22. The van der Waals surface area contributed by atoms with Gasteiger partial charge in [-0.25, -0.2) is 4.98 Å². The minimum atomic E-state index is -0.400. The first kappa shape index (κ1) is 14.8. The molecule has 1 aliphatic rings. The molecule has 1 aromatic heterocycles. The van der Waals surface area contributed by atoms with Gasteiger partial charge in [-0.05, 0) is 12.0 Å². The van der Waals surface area contributed by atoms with E-state index in [1.165, 1.54) is 0 Å². The zero-order chi connectivity index (χ0) is 14.5. The average Bonchev–Trinajstić information content (AvgIpc) is 2.47. The molecule has 1 atom stereocenters. The molecule has 1 saturated heterocycles. The largest absolute Gasteiger partial charge is 0.474 e. The van der Waals surface area contributed by atoms with E-state index in [-0.39, 0.29) is 17.9 Å². The monoisotopic (exact) mass is 277 g/mol. The quantitative estimate of drug-likeness (QED) is 0.904. The van der Waals surface area contributed by atoms with Crippen molar-refractivity contribution in [3.05, 3.63) is 24.4 Å². The first-order valence-corrected chi connectivity index (χ1v) is 7.20. The van der Waals surface area contributed by atoms with Gasteiger partial charge in [-0.15, -0.1) is 0 Å². The molecule has 0 bridgehead atoms. The Morgan fingerprint density at radius 1 is 1.40 bits per heavy atom. The molecule has 0 radical (unpaired) electrons. The number of ether oxygens (including phenoxy) is 1. The summed E-state index contributed by atoms with van der Waals surface area (Å²) >= 11 is 0. The van der Waals surface area contributed by atoms with Crippen LogP contribution in [0, 0.1) is 5.92 Å². The molecule has 20 heavy (non-hydrogen) atoms. The van der Waals surface area contributed by atoms with Crippen molar-refractivity contribution in [1.29, 1.82) is 0 Å². The Morgan fingerprint density at radius 2 is 2.10 bits per heavy atom. The van der Waals surface area contributed by atoms with Crippen molar-refractivity contribution in [2.24, 2.45) is 11.7 Å². The van der Waals surface area contributed by atoms with Gasteiger partial charge in [0, 0.05) is 38.2 Å². The van der Waals surface area contributed by atoms with Gasteiger partial charge in [0.2, 0.25) is 11.8 Å². The Labute approximate surface area is 120 Å². The fraction of sp³-hybridized carbons (Fsp3) is 0.600. The van der Waals surface area contributed by atoms with E-state index >= 15 is 0 Å². The smallest absolute Gasteiger partial charge is 0.239 e. The molecule has 110 valence electrons. The molecule has 0 aliphatic carbocycles. The maximum atomic E-state index is 12.2. The fourth-order valence-electron chi connectivity index (χ4n) is 2.28. The molecule has 1 fully saturated rings. The number of hydrogen-bond donors (Lipinski definition) is 1. The molecule has 0 spiro atoms. The van der Waals surface area contributed by atoms with Crippen molar-refractivity contribution in [2.45, 2.75) is 38.8 Å². The zero-order valence-electron chi connectivity index (χ0n) is 12.2. The molecule has 1 aliphatic heterocycles. The van der Waals surface area contributed by atoms with E-state index in [9.17, 15) is 4.79 Å². The highest BCUT2D eigenvalue weighted by Crippen LogP contribution is 2.18. The lowest BCUT2D eigenvalue weighted by molar-refractivity contribution is -0.135. The predicted octanol–water partition coefficient (Wildman–Crippen LogP) is 1.43. The Balaban J connectivity index is 1.82. The number of amides is 1. The van der Waals surface area contributed by atoms with Gasteiger partial charge in [0.15, 0.2) is 0 Å². The summed E-state index contributed by atoms with van der Waals surface area (Å²) < 4.78 is 5.81. The maximum absolute atomic E-state index is 12.2. The van der Waals surface area contributed by atoms with Crippen molar-refractivity contribution in [3.63, 3.8) is 0 Å². The van der Waals surface area contributed by atoms with Crippen LogP contribution in [0.15, 0.2) is 24.4 Å². The highest BCUT2D eigenvalue weighted by atomic mass is 16.5. The van der Waals surface area contributed by atoms with Crippen LogP contribution in [0.25, 0.3) is 0 Å². The first-order chi connectivity index (χ1) is 9.58. The molecular weight excluding hydrogens is 254 g/mol. The third-order valence-corrected chi connectivity index (χ3v) is 3.68. The summed E-state index contributed by atoms with van der Waals surface area (Å²) in [6.45, 7) is 5.35. The average molecular weight is 277 g/mol. The second-order valence-electron chi connectivity index (χ2n) is 5.58. The number of hydrogen-bond acceptors (Lipinski definition) is 4. The summed E-state index contributed by atoms with van der Waals surface area (Å²) in [4.78, 5) is 18.2. The Hall–Kier alpha value is -1.62. The molecule has 0 saturated carbocycles.